The molecule has 0 saturated carbocycles. The van der Waals surface area contributed by atoms with Gasteiger partial charge in [-0.25, -0.2) is 0 Å². The number of nitrogens with zero attached hydrogens (tertiary/aromatic N) is 1. The molecule has 0 atom stereocenters. The van der Waals surface area contributed by atoms with Crippen LogP contribution in [0.25, 0.3) is 11.3 Å². The van der Waals surface area contributed by atoms with E-state index < -0.39 is 6.36 Å². The summed E-state index contributed by atoms with van der Waals surface area (Å²) in [7, 11) is 0. The first-order chi connectivity index (χ1) is 8.44. The van der Waals surface area contributed by atoms with Gasteiger partial charge in [-0.1, -0.05) is 28.1 Å². The van der Waals surface area contributed by atoms with Crippen molar-refractivity contribution in [2.45, 2.75) is 6.36 Å². The minimum absolute atomic E-state index is 0.330. The van der Waals surface area contributed by atoms with Crippen LogP contribution in [0.3, 0.4) is 0 Å². The summed E-state index contributed by atoms with van der Waals surface area (Å²) in [6.45, 7) is 0. The Hall–Kier alpha value is -1.56. The summed E-state index contributed by atoms with van der Waals surface area (Å²) >= 11 is 3.30. The van der Waals surface area contributed by atoms with Crippen LogP contribution in [-0.4, -0.2) is 11.3 Å². The highest BCUT2D eigenvalue weighted by Gasteiger charge is 2.31. The number of rotatable bonds is 2. The molecule has 0 bridgehead atoms. The lowest BCUT2D eigenvalue weighted by Gasteiger charge is -2.08. The number of pyridine rings is 1. The lowest BCUT2D eigenvalue weighted by Crippen LogP contribution is -2.17. The van der Waals surface area contributed by atoms with Crippen molar-refractivity contribution in [1.29, 1.82) is 0 Å². The summed E-state index contributed by atoms with van der Waals surface area (Å²) in [5.74, 6) is -0.330. The van der Waals surface area contributed by atoms with Crippen molar-refractivity contribution in [1.82, 2.24) is 4.98 Å². The van der Waals surface area contributed by atoms with Gasteiger partial charge >= 0.3 is 6.36 Å². The van der Waals surface area contributed by atoms with Gasteiger partial charge in [0.05, 0.1) is 11.9 Å². The van der Waals surface area contributed by atoms with Crippen LogP contribution in [0.4, 0.5) is 13.2 Å². The average Bonchev–Trinajstić information content (AvgIpc) is 2.29. The molecule has 0 amide bonds. The van der Waals surface area contributed by atoms with Gasteiger partial charge in [-0.15, -0.1) is 13.2 Å². The lowest BCUT2D eigenvalue weighted by molar-refractivity contribution is -0.274. The summed E-state index contributed by atoms with van der Waals surface area (Å²) in [5.41, 5.74) is 1.40. The van der Waals surface area contributed by atoms with Crippen molar-refractivity contribution in [3.8, 4) is 17.0 Å². The van der Waals surface area contributed by atoms with Gasteiger partial charge in [-0.05, 0) is 24.3 Å². The van der Waals surface area contributed by atoms with Crippen LogP contribution in [0.5, 0.6) is 5.75 Å². The van der Waals surface area contributed by atoms with Gasteiger partial charge in [-0.2, -0.15) is 0 Å². The van der Waals surface area contributed by atoms with Gasteiger partial charge in [0.1, 0.15) is 5.75 Å². The fourth-order valence-electron chi connectivity index (χ4n) is 1.37. The van der Waals surface area contributed by atoms with E-state index in [9.17, 15) is 13.2 Å². The summed E-state index contributed by atoms with van der Waals surface area (Å²) in [6, 6.07) is 10.0. The Morgan fingerprint density at radius 2 is 1.67 bits per heavy atom. The predicted molar refractivity (Wildman–Crippen MR) is 64.1 cm³/mol. The molecule has 1 aromatic heterocycles. The fourth-order valence-corrected chi connectivity index (χ4v) is 1.63. The van der Waals surface area contributed by atoms with Crippen LogP contribution in [0.2, 0.25) is 0 Å². The summed E-state index contributed by atoms with van der Waals surface area (Å²) in [4.78, 5) is 3.92. The van der Waals surface area contributed by atoms with Crippen LogP contribution < -0.4 is 4.74 Å². The van der Waals surface area contributed by atoms with E-state index in [1.165, 1.54) is 12.1 Å². The van der Waals surface area contributed by atoms with E-state index in [0.29, 0.717) is 5.69 Å². The number of aromatic nitrogens is 1. The zero-order chi connectivity index (χ0) is 13.2. The normalized spacial score (nSPS) is 11.3. The van der Waals surface area contributed by atoms with Crippen LogP contribution in [-0.2, 0) is 0 Å². The third kappa shape index (κ3) is 3.46. The molecule has 1 heterocycles. The molecule has 2 rings (SSSR count). The Morgan fingerprint density at radius 1 is 1.00 bits per heavy atom. The van der Waals surface area contributed by atoms with Crippen LogP contribution in [0, 0.1) is 0 Å². The number of ether oxygens (including phenoxy) is 1. The van der Waals surface area contributed by atoms with E-state index in [1.807, 2.05) is 24.3 Å². The van der Waals surface area contributed by atoms with Gasteiger partial charge in [0.2, 0.25) is 0 Å². The number of hydrogen-bond acceptors (Lipinski definition) is 2. The second kappa shape index (κ2) is 4.97. The molecule has 18 heavy (non-hydrogen) atoms. The van der Waals surface area contributed by atoms with Crippen LogP contribution in [0.15, 0.2) is 47.1 Å². The number of hydrogen-bond donors (Lipinski definition) is 0. The van der Waals surface area contributed by atoms with E-state index in [2.05, 4.69) is 25.7 Å². The molecule has 6 heteroatoms. The molecule has 0 radical (unpaired) electrons. The molecule has 0 unspecified atom stereocenters. The summed E-state index contributed by atoms with van der Waals surface area (Å²) < 4.78 is 40.5. The maximum absolute atomic E-state index is 12.0. The zero-order valence-corrected chi connectivity index (χ0v) is 10.5. The van der Waals surface area contributed by atoms with E-state index in [0.717, 1.165) is 16.2 Å². The van der Waals surface area contributed by atoms with Crippen molar-refractivity contribution < 1.29 is 17.9 Å². The van der Waals surface area contributed by atoms with Crippen molar-refractivity contribution in [2.75, 3.05) is 0 Å². The quantitative estimate of drug-likeness (QED) is 0.818. The van der Waals surface area contributed by atoms with Crippen LogP contribution >= 0.6 is 15.9 Å². The van der Waals surface area contributed by atoms with Crippen molar-refractivity contribution in [2.24, 2.45) is 0 Å². The van der Waals surface area contributed by atoms with Gasteiger partial charge in [0.25, 0.3) is 0 Å². The Balaban J connectivity index is 2.20. The minimum atomic E-state index is -4.69. The predicted octanol–water partition coefficient (Wildman–Crippen LogP) is 4.41. The van der Waals surface area contributed by atoms with Crippen molar-refractivity contribution in [3.05, 3.63) is 47.1 Å². The second-order valence-corrected chi connectivity index (χ2v) is 4.35. The van der Waals surface area contributed by atoms with E-state index in [4.69, 9.17) is 0 Å². The Morgan fingerprint density at radius 3 is 2.17 bits per heavy atom. The van der Waals surface area contributed by atoms with E-state index >= 15 is 0 Å². The smallest absolute Gasteiger partial charge is 0.404 e. The molecule has 0 aliphatic heterocycles. The molecule has 0 saturated heterocycles. The van der Waals surface area contributed by atoms with Crippen LogP contribution in [0.1, 0.15) is 0 Å². The molecule has 2 nitrogen and oxygen atoms in total. The highest BCUT2D eigenvalue weighted by Crippen LogP contribution is 2.25. The number of halogens is 4. The zero-order valence-electron chi connectivity index (χ0n) is 8.91. The Labute approximate surface area is 110 Å². The molecule has 0 aliphatic carbocycles. The molecule has 0 fully saturated rings. The molecule has 1 aromatic carbocycles. The first-order valence-electron chi connectivity index (χ1n) is 4.92. The third-order valence-electron chi connectivity index (χ3n) is 2.11. The van der Waals surface area contributed by atoms with E-state index in [-0.39, 0.29) is 5.75 Å². The topological polar surface area (TPSA) is 22.1 Å². The second-order valence-electron chi connectivity index (χ2n) is 3.43. The van der Waals surface area contributed by atoms with Crippen molar-refractivity contribution >= 4 is 15.9 Å². The Kier molecular flexibility index (Phi) is 3.56. The van der Waals surface area contributed by atoms with Gasteiger partial charge < -0.3 is 4.74 Å². The van der Waals surface area contributed by atoms with Crippen molar-refractivity contribution in [3.63, 3.8) is 0 Å². The lowest BCUT2D eigenvalue weighted by atomic mass is 10.1. The first kappa shape index (κ1) is 12.9. The van der Waals surface area contributed by atoms with Gasteiger partial charge in [0.15, 0.2) is 0 Å². The molecule has 2 aromatic rings. The molecule has 94 valence electrons. The molecule has 0 N–H and O–H groups in total. The highest BCUT2D eigenvalue weighted by atomic mass is 79.9. The first-order valence-corrected chi connectivity index (χ1v) is 5.71. The Bertz CT molecular complexity index is 523. The fraction of sp³-hybridized carbons (Fsp3) is 0.0833. The minimum Gasteiger partial charge on any atom is -0.404 e. The maximum atomic E-state index is 12.0. The molecular formula is C12H7BrF3NO. The monoisotopic (exact) mass is 317 g/mol. The van der Waals surface area contributed by atoms with Gasteiger partial charge in [-0.3, -0.25) is 4.98 Å². The maximum Gasteiger partial charge on any atom is 0.573 e. The standard InChI is InChI=1S/C12H7BrF3NO/c13-9-3-1-8(2-4-9)11-6-5-10(7-17-11)18-12(14,15)16/h1-7H. The van der Waals surface area contributed by atoms with E-state index in [1.54, 1.807) is 0 Å². The molecule has 0 aliphatic rings. The number of alkyl halides is 3. The average molecular weight is 318 g/mol. The summed E-state index contributed by atoms with van der Waals surface area (Å²) in [6.07, 6.45) is -3.65. The molecular weight excluding hydrogens is 311 g/mol. The van der Waals surface area contributed by atoms with Gasteiger partial charge in [0, 0.05) is 10.0 Å². The largest absolute Gasteiger partial charge is 0.573 e. The molecule has 0 spiro atoms. The third-order valence-corrected chi connectivity index (χ3v) is 2.64. The summed E-state index contributed by atoms with van der Waals surface area (Å²) in [5, 5.41) is 0. The number of benzene rings is 1. The highest BCUT2D eigenvalue weighted by molar-refractivity contribution is 9.10. The SMILES string of the molecule is FC(F)(F)Oc1ccc(-c2ccc(Br)cc2)nc1.